The van der Waals surface area contributed by atoms with Gasteiger partial charge >= 0.3 is 5.97 Å². The molecule has 0 bridgehead atoms. The van der Waals surface area contributed by atoms with Crippen molar-refractivity contribution in [3.8, 4) is 0 Å². The highest BCUT2D eigenvalue weighted by Crippen LogP contribution is 2.26. The Bertz CT molecular complexity index is 646. The third-order valence-electron chi connectivity index (χ3n) is 3.29. The first-order valence-corrected chi connectivity index (χ1v) is 8.13. The quantitative estimate of drug-likeness (QED) is 0.777. The Labute approximate surface area is 128 Å². The highest BCUT2D eigenvalue weighted by atomic mass is 35.5. The van der Waals surface area contributed by atoms with Crippen LogP contribution in [-0.2, 0) is 24.3 Å². The van der Waals surface area contributed by atoms with Gasteiger partial charge in [-0.1, -0.05) is 17.7 Å². The SMILES string of the molecule is COC(=O)C1COCCN1S(=O)(=O)c1cc(Cl)ccc1C. The van der Waals surface area contributed by atoms with Crippen LogP contribution >= 0.6 is 11.6 Å². The van der Waals surface area contributed by atoms with E-state index in [1.165, 1.54) is 13.2 Å². The Morgan fingerprint density at radius 1 is 1.48 bits per heavy atom. The van der Waals surface area contributed by atoms with Gasteiger partial charge in [-0.15, -0.1) is 0 Å². The average molecular weight is 334 g/mol. The molecular weight excluding hydrogens is 318 g/mol. The first-order valence-electron chi connectivity index (χ1n) is 6.31. The maximum Gasteiger partial charge on any atom is 0.326 e. The molecule has 1 saturated heterocycles. The van der Waals surface area contributed by atoms with E-state index < -0.39 is 22.0 Å². The monoisotopic (exact) mass is 333 g/mol. The molecule has 8 heteroatoms. The van der Waals surface area contributed by atoms with Gasteiger partial charge in [0.15, 0.2) is 0 Å². The van der Waals surface area contributed by atoms with E-state index in [0.717, 1.165) is 4.31 Å². The highest BCUT2D eigenvalue weighted by Gasteiger charge is 2.39. The maximum atomic E-state index is 12.8. The molecule has 0 radical (unpaired) electrons. The molecule has 0 saturated carbocycles. The number of hydrogen-bond acceptors (Lipinski definition) is 5. The van der Waals surface area contributed by atoms with Crippen molar-refractivity contribution in [3.63, 3.8) is 0 Å². The van der Waals surface area contributed by atoms with Crippen molar-refractivity contribution < 1.29 is 22.7 Å². The van der Waals surface area contributed by atoms with Crippen molar-refractivity contribution in [2.45, 2.75) is 17.9 Å². The lowest BCUT2D eigenvalue weighted by Crippen LogP contribution is -2.52. The van der Waals surface area contributed by atoms with E-state index >= 15 is 0 Å². The number of carbonyl (C=O) groups excluding carboxylic acids is 1. The van der Waals surface area contributed by atoms with Gasteiger partial charge in [-0.05, 0) is 24.6 Å². The molecule has 0 N–H and O–H groups in total. The summed E-state index contributed by atoms with van der Waals surface area (Å²) in [5, 5.41) is 0.321. The number of esters is 1. The summed E-state index contributed by atoms with van der Waals surface area (Å²) in [7, 11) is -2.64. The third kappa shape index (κ3) is 3.21. The summed E-state index contributed by atoms with van der Waals surface area (Å²) < 4.78 is 36.5. The fraction of sp³-hybridized carbons (Fsp3) is 0.462. The molecule has 1 unspecified atom stereocenters. The van der Waals surface area contributed by atoms with Crippen LogP contribution < -0.4 is 0 Å². The molecule has 1 atom stereocenters. The molecule has 1 heterocycles. The summed E-state index contributed by atoms with van der Waals surface area (Å²) in [6.45, 7) is 1.97. The Kier molecular flexibility index (Phi) is 4.88. The average Bonchev–Trinajstić information content (AvgIpc) is 2.48. The number of morpholine rings is 1. The largest absolute Gasteiger partial charge is 0.468 e. The summed E-state index contributed by atoms with van der Waals surface area (Å²) in [4.78, 5) is 11.9. The molecule has 2 rings (SSSR count). The Morgan fingerprint density at radius 3 is 2.86 bits per heavy atom. The standard InChI is InChI=1S/C13H16ClNO5S/c1-9-3-4-10(14)7-12(9)21(17,18)15-5-6-20-8-11(15)13(16)19-2/h3-4,7,11H,5-6,8H2,1-2H3. The van der Waals surface area contributed by atoms with Gasteiger partial charge in [0.05, 0.1) is 25.2 Å². The Hall–Kier alpha value is -1.15. The summed E-state index contributed by atoms with van der Waals surface area (Å²) in [6, 6.07) is 3.65. The molecule has 1 aromatic carbocycles. The lowest BCUT2D eigenvalue weighted by atomic mass is 10.2. The van der Waals surface area contributed by atoms with Crippen molar-refractivity contribution in [1.29, 1.82) is 0 Å². The van der Waals surface area contributed by atoms with Crippen molar-refractivity contribution in [1.82, 2.24) is 4.31 Å². The second-order valence-corrected chi connectivity index (χ2v) is 6.93. The van der Waals surface area contributed by atoms with E-state index in [2.05, 4.69) is 4.74 Å². The summed E-state index contributed by atoms with van der Waals surface area (Å²) >= 11 is 5.89. The van der Waals surface area contributed by atoms with Crippen LogP contribution in [0, 0.1) is 6.92 Å². The molecule has 0 aliphatic carbocycles. The molecule has 0 amide bonds. The number of carbonyl (C=O) groups is 1. The van der Waals surface area contributed by atoms with Crippen LogP contribution in [0.2, 0.25) is 5.02 Å². The Balaban J connectivity index is 2.45. The Morgan fingerprint density at radius 2 is 2.19 bits per heavy atom. The maximum absolute atomic E-state index is 12.8. The predicted octanol–water partition coefficient (Wildman–Crippen LogP) is 1.21. The number of ether oxygens (including phenoxy) is 2. The van der Waals surface area contributed by atoms with E-state index in [-0.39, 0.29) is 24.7 Å². The zero-order valence-corrected chi connectivity index (χ0v) is 13.3. The van der Waals surface area contributed by atoms with Crippen molar-refractivity contribution >= 4 is 27.6 Å². The topological polar surface area (TPSA) is 72.9 Å². The van der Waals surface area contributed by atoms with Gasteiger partial charge in [0.2, 0.25) is 10.0 Å². The number of sulfonamides is 1. The van der Waals surface area contributed by atoms with Crippen LogP contribution in [0.15, 0.2) is 23.1 Å². The summed E-state index contributed by atoms with van der Waals surface area (Å²) in [5.41, 5.74) is 0.564. The van der Waals surface area contributed by atoms with Crippen molar-refractivity contribution in [3.05, 3.63) is 28.8 Å². The molecule has 1 fully saturated rings. The fourth-order valence-electron chi connectivity index (χ4n) is 2.18. The minimum atomic E-state index is -3.85. The van der Waals surface area contributed by atoms with Gasteiger partial charge in [-0.2, -0.15) is 4.31 Å². The number of rotatable bonds is 3. The minimum Gasteiger partial charge on any atom is -0.468 e. The number of aryl methyl sites for hydroxylation is 1. The lowest BCUT2D eigenvalue weighted by molar-refractivity contribution is -0.149. The van der Waals surface area contributed by atoms with Crippen LogP contribution in [0.4, 0.5) is 0 Å². The third-order valence-corrected chi connectivity index (χ3v) is 5.57. The molecule has 1 aromatic rings. The van der Waals surface area contributed by atoms with Crippen LogP contribution in [0.5, 0.6) is 0 Å². The van der Waals surface area contributed by atoms with Gasteiger partial charge in [0.25, 0.3) is 0 Å². The predicted molar refractivity (Wildman–Crippen MR) is 76.7 cm³/mol. The first kappa shape index (κ1) is 16.2. The van der Waals surface area contributed by atoms with Crippen LogP contribution in [0.1, 0.15) is 5.56 Å². The minimum absolute atomic E-state index is 0.0223. The molecule has 6 nitrogen and oxygen atoms in total. The van der Waals surface area contributed by atoms with Gasteiger partial charge in [0.1, 0.15) is 6.04 Å². The van der Waals surface area contributed by atoms with Crippen LogP contribution in [0.25, 0.3) is 0 Å². The smallest absolute Gasteiger partial charge is 0.326 e. The van der Waals surface area contributed by atoms with E-state index in [0.29, 0.717) is 10.6 Å². The van der Waals surface area contributed by atoms with Crippen molar-refractivity contribution in [2.75, 3.05) is 26.9 Å². The number of methoxy groups -OCH3 is 1. The molecule has 0 spiro atoms. The van der Waals surface area contributed by atoms with Gasteiger partial charge in [-0.3, -0.25) is 4.79 Å². The second-order valence-electron chi connectivity index (χ2n) is 4.64. The van der Waals surface area contributed by atoms with E-state index in [9.17, 15) is 13.2 Å². The number of halogens is 1. The van der Waals surface area contributed by atoms with E-state index in [4.69, 9.17) is 16.3 Å². The van der Waals surface area contributed by atoms with Crippen molar-refractivity contribution in [2.24, 2.45) is 0 Å². The molecule has 1 aliphatic heterocycles. The lowest BCUT2D eigenvalue weighted by Gasteiger charge is -2.32. The zero-order valence-electron chi connectivity index (χ0n) is 11.7. The number of nitrogens with zero attached hydrogens (tertiary/aromatic N) is 1. The summed E-state index contributed by atoms with van der Waals surface area (Å²) in [6.07, 6.45) is 0. The number of hydrogen-bond donors (Lipinski definition) is 0. The zero-order chi connectivity index (χ0) is 15.6. The second kappa shape index (κ2) is 6.31. The summed E-state index contributed by atoms with van der Waals surface area (Å²) in [5.74, 6) is -0.641. The normalized spacial score (nSPS) is 20.2. The molecule has 21 heavy (non-hydrogen) atoms. The fourth-order valence-corrected chi connectivity index (χ4v) is 4.21. The van der Waals surface area contributed by atoms with E-state index in [1.807, 2.05) is 0 Å². The van der Waals surface area contributed by atoms with E-state index in [1.54, 1.807) is 19.1 Å². The van der Waals surface area contributed by atoms with Gasteiger partial charge in [-0.25, -0.2) is 8.42 Å². The molecule has 0 aromatic heterocycles. The van der Waals surface area contributed by atoms with Gasteiger partial charge in [0, 0.05) is 11.6 Å². The molecule has 1 aliphatic rings. The first-order chi connectivity index (χ1) is 9.87. The number of benzene rings is 1. The molecular formula is C13H16ClNO5S. The van der Waals surface area contributed by atoms with Gasteiger partial charge < -0.3 is 9.47 Å². The van der Waals surface area contributed by atoms with Crippen LogP contribution in [-0.4, -0.2) is 51.6 Å². The van der Waals surface area contributed by atoms with Crippen LogP contribution in [0.3, 0.4) is 0 Å². The molecule has 116 valence electrons. The highest BCUT2D eigenvalue weighted by molar-refractivity contribution is 7.89.